The lowest BCUT2D eigenvalue weighted by atomic mass is 9.91. The van der Waals surface area contributed by atoms with Crippen molar-refractivity contribution < 1.29 is 4.79 Å². The summed E-state index contributed by atoms with van der Waals surface area (Å²) in [5, 5.41) is 2.88. The van der Waals surface area contributed by atoms with Gasteiger partial charge < -0.3 is 9.88 Å². The molecular weight excluding hydrogens is 338 g/mol. The molecule has 0 radical (unpaired) electrons. The average Bonchev–Trinajstić information content (AvgIpc) is 2.62. The maximum absolute atomic E-state index is 12.2. The highest BCUT2D eigenvalue weighted by molar-refractivity contribution is 5.93. The van der Waals surface area contributed by atoms with E-state index in [2.05, 4.69) is 48.3 Å². The summed E-state index contributed by atoms with van der Waals surface area (Å²) in [6.45, 7) is 8.42. The monoisotopic (exact) mass is 367 g/mol. The van der Waals surface area contributed by atoms with Crippen LogP contribution in [0.4, 0.5) is 0 Å². The molecule has 1 aliphatic heterocycles. The van der Waals surface area contributed by atoms with Gasteiger partial charge in [-0.3, -0.25) is 14.5 Å². The van der Waals surface area contributed by atoms with E-state index in [9.17, 15) is 9.59 Å². The van der Waals surface area contributed by atoms with Crippen molar-refractivity contribution in [3.05, 3.63) is 69.6 Å². The van der Waals surface area contributed by atoms with E-state index in [0.717, 1.165) is 23.9 Å². The van der Waals surface area contributed by atoms with Crippen LogP contribution in [0.15, 0.2) is 47.4 Å². The molecule has 5 heteroatoms. The second kappa shape index (κ2) is 8.53. The van der Waals surface area contributed by atoms with E-state index >= 15 is 0 Å². The molecular formula is C22H29N3O2. The molecule has 1 aromatic carbocycles. The summed E-state index contributed by atoms with van der Waals surface area (Å²) in [4.78, 5) is 26.4. The molecule has 2 aromatic rings. The quantitative estimate of drug-likeness (QED) is 0.884. The van der Waals surface area contributed by atoms with E-state index in [1.165, 1.54) is 35.7 Å². The van der Waals surface area contributed by atoms with E-state index in [1.54, 1.807) is 19.3 Å². The van der Waals surface area contributed by atoms with Gasteiger partial charge in [-0.1, -0.05) is 38.1 Å². The van der Waals surface area contributed by atoms with Crippen LogP contribution in [0.2, 0.25) is 0 Å². The average molecular weight is 367 g/mol. The lowest BCUT2D eigenvalue weighted by Gasteiger charge is -2.35. The zero-order valence-corrected chi connectivity index (χ0v) is 16.4. The fourth-order valence-electron chi connectivity index (χ4n) is 3.92. The molecule has 0 spiro atoms. The Morgan fingerprint density at radius 3 is 2.33 bits per heavy atom. The van der Waals surface area contributed by atoms with Crippen molar-refractivity contribution in [1.82, 2.24) is 14.8 Å². The third-order valence-electron chi connectivity index (χ3n) is 5.19. The Bertz CT molecular complexity index is 831. The fourth-order valence-corrected chi connectivity index (χ4v) is 3.92. The number of carbonyl (C=O) groups is 1. The van der Waals surface area contributed by atoms with E-state index in [-0.39, 0.29) is 11.5 Å². The predicted octanol–water partition coefficient (Wildman–Crippen LogP) is 2.79. The van der Waals surface area contributed by atoms with Gasteiger partial charge in [0.2, 0.25) is 0 Å². The number of piperidine rings is 1. The number of nitrogens with one attached hydrogen (secondary N) is 1. The highest BCUT2D eigenvalue weighted by atomic mass is 16.2. The standard InChI is InChI=1S/C22H29N3O2/c1-16-10-17(2)14-25(13-16)15-19-6-4-18(5-7-19)12-23-22(27)20-8-9-24(3)21(26)11-20/h4-9,11,16-17H,10,12-15H2,1-3H3,(H,23,27)/t16-,17-/m0/s1. The number of rotatable bonds is 5. The zero-order chi connectivity index (χ0) is 19.4. The van der Waals surface area contributed by atoms with E-state index in [1.807, 2.05) is 0 Å². The predicted molar refractivity (Wildman–Crippen MR) is 108 cm³/mol. The number of hydrogen-bond acceptors (Lipinski definition) is 3. The fraction of sp³-hybridized carbons (Fsp3) is 0.455. The van der Waals surface area contributed by atoms with Crippen LogP contribution in [0.3, 0.4) is 0 Å². The van der Waals surface area contributed by atoms with Crippen LogP contribution in [0, 0.1) is 11.8 Å². The Balaban J connectivity index is 1.53. The van der Waals surface area contributed by atoms with Crippen molar-refractivity contribution >= 4 is 5.91 Å². The Labute approximate surface area is 161 Å². The minimum atomic E-state index is -0.229. The van der Waals surface area contributed by atoms with Crippen LogP contribution in [-0.2, 0) is 20.1 Å². The van der Waals surface area contributed by atoms with Crippen molar-refractivity contribution in [2.45, 2.75) is 33.4 Å². The first-order valence-electron chi connectivity index (χ1n) is 9.66. The normalized spacial score (nSPS) is 20.4. The third kappa shape index (κ3) is 5.30. The second-order valence-electron chi connectivity index (χ2n) is 8.00. The first-order valence-corrected chi connectivity index (χ1v) is 9.66. The molecule has 1 aromatic heterocycles. The molecule has 27 heavy (non-hydrogen) atoms. The van der Waals surface area contributed by atoms with Gasteiger partial charge in [0.15, 0.2) is 0 Å². The highest BCUT2D eigenvalue weighted by Gasteiger charge is 2.21. The number of carbonyl (C=O) groups excluding carboxylic acids is 1. The van der Waals surface area contributed by atoms with Crippen LogP contribution < -0.4 is 10.9 Å². The number of hydrogen-bond donors (Lipinski definition) is 1. The van der Waals surface area contributed by atoms with Crippen molar-refractivity contribution in [3.63, 3.8) is 0 Å². The number of likely N-dealkylation sites (tertiary alicyclic amines) is 1. The van der Waals surface area contributed by atoms with Crippen molar-refractivity contribution in [2.24, 2.45) is 18.9 Å². The minimum absolute atomic E-state index is 0.187. The Kier molecular flexibility index (Phi) is 6.11. The topological polar surface area (TPSA) is 54.3 Å². The van der Waals surface area contributed by atoms with Crippen LogP contribution >= 0.6 is 0 Å². The van der Waals surface area contributed by atoms with Gasteiger partial charge in [0.25, 0.3) is 11.5 Å². The van der Waals surface area contributed by atoms with Gasteiger partial charge in [-0.2, -0.15) is 0 Å². The molecule has 1 fully saturated rings. The molecule has 1 aliphatic rings. The second-order valence-corrected chi connectivity index (χ2v) is 8.00. The van der Waals surface area contributed by atoms with Crippen molar-refractivity contribution in [2.75, 3.05) is 13.1 Å². The van der Waals surface area contributed by atoms with Crippen molar-refractivity contribution in [3.8, 4) is 0 Å². The molecule has 144 valence electrons. The summed E-state index contributed by atoms with van der Waals surface area (Å²) in [5.74, 6) is 1.30. The van der Waals surface area contributed by atoms with E-state index in [4.69, 9.17) is 0 Å². The first kappa shape index (κ1) is 19.4. The number of nitrogens with zero attached hydrogens (tertiary/aromatic N) is 2. The van der Waals surface area contributed by atoms with Gasteiger partial charge in [-0.15, -0.1) is 0 Å². The zero-order valence-electron chi connectivity index (χ0n) is 16.4. The number of benzene rings is 1. The van der Waals surface area contributed by atoms with Crippen LogP contribution in [0.1, 0.15) is 41.8 Å². The third-order valence-corrected chi connectivity index (χ3v) is 5.19. The Morgan fingerprint density at radius 1 is 1.07 bits per heavy atom. The molecule has 3 rings (SSSR count). The summed E-state index contributed by atoms with van der Waals surface area (Å²) in [5.41, 5.74) is 2.56. The molecule has 0 aliphatic carbocycles. The largest absolute Gasteiger partial charge is 0.348 e. The molecule has 0 saturated carbocycles. The van der Waals surface area contributed by atoms with Gasteiger partial charge in [-0.25, -0.2) is 0 Å². The maximum Gasteiger partial charge on any atom is 0.251 e. The van der Waals surface area contributed by atoms with Gasteiger partial charge in [0.1, 0.15) is 0 Å². The van der Waals surface area contributed by atoms with Crippen LogP contribution in [0.5, 0.6) is 0 Å². The Hall–Kier alpha value is -2.40. The van der Waals surface area contributed by atoms with Crippen LogP contribution in [-0.4, -0.2) is 28.5 Å². The lowest BCUT2D eigenvalue weighted by Crippen LogP contribution is -2.38. The van der Waals surface area contributed by atoms with E-state index < -0.39 is 0 Å². The summed E-state index contributed by atoms with van der Waals surface area (Å²) in [7, 11) is 1.66. The van der Waals surface area contributed by atoms with Crippen molar-refractivity contribution in [1.29, 1.82) is 0 Å². The number of aryl methyl sites for hydroxylation is 1. The first-order chi connectivity index (χ1) is 12.9. The molecule has 1 saturated heterocycles. The molecule has 1 amide bonds. The number of aromatic nitrogens is 1. The smallest absolute Gasteiger partial charge is 0.251 e. The number of amides is 1. The minimum Gasteiger partial charge on any atom is -0.348 e. The molecule has 5 nitrogen and oxygen atoms in total. The lowest BCUT2D eigenvalue weighted by molar-refractivity contribution is 0.0950. The maximum atomic E-state index is 12.2. The van der Waals surface area contributed by atoms with Gasteiger partial charge in [0.05, 0.1) is 0 Å². The van der Waals surface area contributed by atoms with Gasteiger partial charge >= 0.3 is 0 Å². The molecule has 1 N–H and O–H groups in total. The summed E-state index contributed by atoms with van der Waals surface area (Å²) in [6, 6.07) is 11.4. The highest BCUT2D eigenvalue weighted by Crippen LogP contribution is 2.22. The molecule has 2 heterocycles. The van der Waals surface area contributed by atoms with E-state index in [0.29, 0.717) is 12.1 Å². The van der Waals surface area contributed by atoms with Gasteiger partial charge in [-0.05, 0) is 35.4 Å². The SMILES string of the molecule is C[C@H]1C[C@H](C)CN(Cc2ccc(CNC(=O)c3ccn(C)c(=O)c3)cc2)C1. The molecule has 0 unspecified atom stereocenters. The summed E-state index contributed by atoms with van der Waals surface area (Å²) >= 11 is 0. The summed E-state index contributed by atoms with van der Waals surface area (Å²) in [6.07, 6.45) is 2.93. The Morgan fingerprint density at radius 2 is 1.70 bits per heavy atom. The number of pyridine rings is 1. The molecule has 0 bridgehead atoms. The van der Waals surface area contributed by atoms with Gasteiger partial charge in [0, 0.05) is 51.1 Å². The molecule has 2 atom stereocenters. The summed E-state index contributed by atoms with van der Waals surface area (Å²) < 4.78 is 1.44. The van der Waals surface area contributed by atoms with Crippen LogP contribution in [0.25, 0.3) is 0 Å².